The Balaban J connectivity index is 1.55. The second-order valence-electron chi connectivity index (χ2n) is 8.41. The van der Waals surface area contributed by atoms with Gasteiger partial charge in [0.2, 0.25) is 5.91 Å². The van der Waals surface area contributed by atoms with E-state index in [0.717, 1.165) is 5.56 Å². The van der Waals surface area contributed by atoms with Gasteiger partial charge in [0.1, 0.15) is 11.6 Å². The molecule has 0 spiro atoms. The summed E-state index contributed by atoms with van der Waals surface area (Å²) in [5.41, 5.74) is 0.887. The van der Waals surface area contributed by atoms with Gasteiger partial charge in [-0.25, -0.2) is 9.18 Å². The van der Waals surface area contributed by atoms with Gasteiger partial charge in [-0.05, 0) is 54.8 Å². The van der Waals surface area contributed by atoms with Gasteiger partial charge >= 0.3 is 6.09 Å². The highest BCUT2D eigenvalue weighted by atomic mass is 35.5. The molecule has 2 aromatic rings. The molecular weight excluding hydrogens is 470 g/mol. The molecule has 0 unspecified atom stereocenters. The maximum atomic E-state index is 13.2. The summed E-state index contributed by atoms with van der Waals surface area (Å²) in [6.07, 6.45) is 0.803. The van der Waals surface area contributed by atoms with Crippen molar-refractivity contribution in [2.24, 2.45) is 5.92 Å². The number of hydrogen-bond acceptors (Lipinski definition) is 4. The largest absolute Gasteiger partial charge is 0.415 e. The minimum Gasteiger partial charge on any atom is -0.410 e. The molecule has 0 aliphatic carbocycles. The zero-order valence-corrected chi connectivity index (χ0v) is 19.7. The van der Waals surface area contributed by atoms with E-state index in [9.17, 15) is 14.0 Å². The summed E-state index contributed by atoms with van der Waals surface area (Å²) in [7, 11) is 1.64. The molecule has 2 heterocycles. The highest BCUT2D eigenvalue weighted by molar-refractivity contribution is 6.42. The molecule has 0 aromatic heterocycles. The van der Waals surface area contributed by atoms with Crippen molar-refractivity contribution in [3.63, 3.8) is 0 Å². The Morgan fingerprint density at radius 2 is 1.76 bits per heavy atom. The number of hydrogen-bond donors (Lipinski definition) is 0. The maximum Gasteiger partial charge on any atom is 0.415 e. The molecule has 2 saturated heterocycles. The molecule has 9 heteroatoms. The molecule has 6 nitrogen and oxygen atoms in total. The van der Waals surface area contributed by atoms with E-state index in [0.29, 0.717) is 49.2 Å². The average molecular weight is 495 g/mol. The van der Waals surface area contributed by atoms with Crippen LogP contribution in [0, 0.1) is 11.7 Å². The van der Waals surface area contributed by atoms with Crippen molar-refractivity contribution >= 4 is 35.2 Å². The number of benzene rings is 2. The number of halogens is 3. The van der Waals surface area contributed by atoms with E-state index in [1.165, 1.54) is 29.2 Å². The third-order valence-electron chi connectivity index (χ3n) is 6.35. The smallest absolute Gasteiger partial charge is 0.410 e. The minimum atomic E-state index is -0.586. The maximum absolute atomic E-state index is 13.2. The standard InChI is InChI=1S/C24H25Cl2FN2O4/c1-28(24(31)33-18-5-3-17(27)4-6-18)22-14-29(23(30)15-8-10-32-11-9-15)13-19(22)16-2-7-20(25)21(26)12-16/h2-7,12,15,19,22H,8-11,13-14H2,1H3/t19-,22+/m0/s1. The van der Waals surface area contributed by atoms with Crippen LogP contribution in [-0.4, -0.2) is 61.2 Å². The molecule has 176 valence electrons. The summed E-state index contributed by atoms with van der Waals surface area (Å²) >= 11 is 12.4. The number of ether oxygens (including phenoxy) is 2. The van der Waals surface area contributed by atoms with Gasteiger partial charge in [0, 0.05) is 45.2 Å². The van der Waals surface area contributed by atoms with Crippen molar-refractivity contribution in [2.75, 3.05) is 33.4 Å². The molecule has 0 bridgehead atoms. The van der Waals surface area contributed by atoms with Crippen LogP contribution in [0.2, 0.25) is 10.0 Å². The van der Waals surface area contributed by atoms with Gasteiger partial charge in [-0.15, -0.1) is 0 Å². The molecule has 2 aliphatic rings. The molecule has 0 N–H and O–H groups in total. The summed E-state index contributed by atoms with van der Waals surface area (Å²) < 4.78 is 24.0. The Morgan fingerprint density at radius 1 is 1.06 bits per heavy atom. The molecule has 2 fully saturated rings. The van der Waals surface area contributed by atoms with Gasteiger partial charge in [-0.1, -0.05) is 29.3 Å². The van der Waals surface area contributed by atoms with Crippen LogP contribution in [0.15, 0.2) is 42.5 Å². The number of amides is 2. The molecule has 4 rings (SSSR count). The van der Waals surface area contributed by atoms with Gasteiger partial charge in [-0.2, -0.15) is 0 Å². The van der Waals surface area contributed by atoms with Gasteiger partial charge in [0.25, 0.3) is 0 Å². The Bertz CT molecular complexity index is 1010. The first-order valence-corrected chi connectivity index (χ1v) is 11.6. The van der Waals surface area contributed by atoms with E-state index >= 15 is 0 Å². The van der Waals surface area contributed by atoms with Gasteiger partial charge < -0.3 is 19.3 Å². The van der Waals surface area contributed by atoms with Crippen molar-refractivity contribution in [1.29, 1.82) is 0 Å². The first-order valence-electron chi connectivity index (χ1n) is 10.8. The Kier molecular flexibility index (Phi) is 7.41. The second-order valence-corrected chi connectivity index (χ2v) is 9.22. The highest BCUT2D eigenvalue weighted by Crippen LogP contribution is 2.35. The number of likely N-dealkylation sites (tertiary alicyclic amines) is 1. The molecule has 33 heavy (non-hydrogen) atoms. The fourth-order valence-corrected chi connectivity index (χ4v) is 4.75. The van der Waals surface area contributed by atoms with Crippen LogP contribution in [0.4, 0.5) is 9.18 Å². The van der Waals surface area contributed by atoms with Crippen LogP contribution in [-0.2, 0) is 9.53 Å². The zero-order valence-electron chi connectivity index (χ0n) is 18.2. The number of carbonyl (C=O) groups excluding carboxylic acids is 2. The molecular formula is C24H25Cl2FN2O4. The van der Waals surface area contributed by atoms with Crippen LogP contribution in [0.5, 0.6) is 5.75 Å². The lowest BCUT2D eigenvalue weighted by molar-refractivity contribution is -0.137. The van der Waals surface area contributed by atoms with Crippen LogP contribution in [0.3, 0.4) is 0 Å². The van der Waals surface area contributed by atoms with Gasteiger partial charge in [-0.3, -0.25) is 4.79 Å². The van der Waals surface area contributed by atoms with E-state index in [-0.39, 0.29) is 29.5 Å². The van der Waals surface area contributed by atoms with E-state index in [1.54, 1.807) is 19.2 Å². The monoisotopic (exact) mass is 494 g/mol. The third-order valence-corrected chi connectivity index (χ3v) is 7.09. The first kappa shape index (κ1) is 23.8. The molecule has 0 saturated carbocycles. The average Bonchev–Trinajstić information content (AvgIpc) is 3.27. The van der Waals surface area contributed by atoms with Crippen molar-refractivity contribution in [2.45, 2.75) is 24.8 Å². The van der Waals surface area contributed by atoms with E-state index in [4.69, 9.17) is 32.7 Å². The van der Waals surface area contributed by atoms with Crippen LogP contribution in [0.25, 0.3) is 0 Å². The molecule has 2 aromatic carbocycles. The van der Waals surface area contributed by atoms with Crippen molar-refractivity contribution < 1.29 is 23.5 Å². The van der Waals surface area contributed by atoms with Crippen molar-refractivity contribution in [3.8, 4) is 5.75 Å². The first-order chi connectivity index (χ1) is 15.8. The Hall–Kier alpha value is -2.35. The molecule has 2 aliphatic heterocycles. The molecule has 2 amide bonds. The van der Waals surface area contributed by atoms with E-state index in [2.05, 4.69) is 0 Å². The lowest BCUT2D eigenvalue weighted by Crippen LogP contribution is -2.44. The fourth-order valence-electron chi connectivity index (χ4n) is 4.44. The Morgan fingerprint density at radius 3 is 2.42 bits per heavy atom. The zero-order chi connectivity index (χ0) is 23.5. The van der Waals surface area contributed by atoms with E-state index in [1.807, 2.05) is 11.0 Å². The second kappa shape index (κ2) is 10.3. The molecule has 2 atom stereocenters. The summed E-state index contributed by atoms with van der Waals surface area (Å²) in [6, 6.07) is 10.3. The van der Waals surface area contributed by atoms with Crippen LogP contribution in [0.1, 0.15) is 24.3 Å². The van der Waals surface area contributed by atoms with Gasteiger partial charge in [0.15, 0.2) is 0 Å². The lowest BCUT2D eigenvalue weighted by Gasteiger charge is -2.29. The molecule has 0 radical (unpaired) electrons. The van der Waals surface area contributed by atoms with E-state index < -0.39 is 11.9 Å². The predicted molar refractivity (Wildman–Crippen MR) is 123 cm³/mol. The number of likely N-dealkylation sites (N-methyl/N-ethyl adjacent to an activating group) is 1. The predicted octanol–water partition coefficient (Wildman–Crippen LogP) is 4.98. The Labute approximate surface area is 202 Å². The van der Waals surface area contributed by atoms with Crippen molar-refractivity contribution in [3.05, 3.63) is 63.9 Å². The summed E-state index contributed by atoms with van der Waals surface area (Å²) in [5.74, 6) is -0.350. The lowest BCUT2D eigenvalue weighted by atomic mass is 9.93. The highest BCUT2D eigenvalue weighted by Gasteiger charge is 2.42. The van der Waals surface area contributed by atoms with Crippen LogP contribution >= 0.6 is 23.2 Å². The fraction of sp³-hybridized carbons (Fsp3) is 0.417. The number of carbonyl (C=O) groups is 2. The topological polar surface area (TPSA) is 59.1 Å². The number of rotatable bonds is 4. The normalized spacial score (nSPS) is 21.2. The SMILES string of the molecule is CN(C(=O)Oc1ccc(F)cc1)[C@@H]1CN(C(=O)C2CCOCC2)C[C@H]1c1ccc(Cl)c(Cl)c1. The summed E-state index contributed by atoms with van der Waals surface area (Å²) in [6.45, 7) is 1.98. The third kappa shape index (κ3) is 5.42. The number of nitrogens with zero attached hydrogens (tertiary/aromatic N) is 2. The summed E-state index contributed by atoms with van der Waals surface area (Å²) in [5, 5.41) is 0.854. The summed E-state index contributed by atoms with van der Waals surface area (Å²) in [4.78, 5) is 29.4. The van der Waals surface area contributed by atoms with Crippen molar-refractivity contribution in [1.82, 2.24) is 9.80 Å². The quantitative estimate of drug-likeness (QED) is 0.600. The van der Waals surface area contributed by atoms with Crippen LogP contribution < -0.4 is 4.74 Å². The van der Waals surface area contributed by atoms with Gasteiger partial charge in [0.05, 0.1) is 16.1 Å². The minimum absolute atomic E-state index is 0.0752.